The van der Waals surface area contributed by atoms with Crippen molar-refractivity contribution in [2.75, 3.05) is 6.54 Å². The molecule has 0 aliphatic rings. The molecule has 0 aliphatic carbocycles. The van der Waals surface area contributed by atoms with Gasteiger partial charge in [0.05, 0.1) is 4.47 Å². The minimum atomic E-state index is 0.857. The van der Waals surface area contributed by atoms with Crippen molar-refractivity contribution in [3.8, 4) is 11.5 Å². The summed E-state index contributed by atoms with van der Waals surface area (Å²) in [5.74, 6) is 1.78. The maximum Gasteiger partial charge on any atom is 0.141 e. The molecule has 2 rings (SSSR count). The number of hydrogen-bond acceptors (Lipinski definition) is 2. The molecule has 21 heavy (non-hydrogen) atoms. The van der Waals surface area contributed by atoms with Gasteiger partial charge in [0.1, 0.15) is 11.5 Å². The largest absolute Gasteiger partial charge is 0.456 e. The van der Waals surface area contributed by atoms with Crippen molar-refractivity contribution in [2.45, 2.75) is 33.2 Å². The first-order valence-corrected chi connectivity index (χ1v) is 8.28. The monoisotopic (exact) mass is 347 g/mol. The van der Waals surface area contributed by atoms with Crippen molar-refractivity contribution >= 4 is 15.9 Å². The van der Waals surface area contributed by atoms with Crippen LogP contribution in [0.4, 0.5) is 0 Å². The Morgan fingerprint density at radius 1 is 1.05 bits per heavy atom. The molecule has 0 atom stereocenters. The van der Waals surface area contributed by atoms with Crippen LogP contribution in [0.15, 0.2) is 46.9 Å². The van der Waals surface area contributed by atoms with Gasteiger partial charge in [-0.2, -0.15) is 0 Å². The fraction of sp³-hybridized carbons (Fsp3) is 0.333. The van der Waals surface area contributed by atoms with Crippen molar-refractivity contribution < 1.29 is 4.74 Å². The number of aryl methyl sites for hydroxylation is 1. The van der Waals surface area contributed by atoms with Crippen LogP contribution in [0.3, 0.4) is 0 Å². The molecule has 3 heteroatoms. The fourth-order valence-electron chi connectivity index (χ4n) is 2.16. The van der Waals surface area contributed by atoms with Gasteiger partial charge in [-0.1, -0.05) is 38.1 Å². The van der Waals surface area contributed by atoms with Gasteiger partial charge >= 0.3 is 0 Å². The van der Waals surface area contributed by atoms with Crippen LogP contribution in [-0.2, 0) is 13.0 Å². The average molecular weight is 348 g/mol. The van der Waals surface area contributed by atoms with Crippen molar-refractivity contribution in [2.24, 2.45) is 0 Å². The lowest BCUT2D eigenvalue weighted by atomic mass is 10.1. The quantitative estimate of drug-likeness (QED) is 0.685. The Kier molecular flexibility index (Phi) is 6.27. The second-order valence-electron chi connectivity index (χ2n) is 5.00. The molecule has 0 spiro atoms. The van der Waals surface area contributed by atoms with E-state index in [0.717, 1.165) is 41.9 Å². The summed E-state index contributed by atoms with van der Waals surface area (Å²) in [6.45, 7) is 6.24. The highest BCUT2D eigenvalue weighted by Crippen LogP contribution is 2.32. The van der Waals surface area contributed by atoms with Crippen LogP contribution >= 0.6 is 15.9 Å². The third kappa shape index (κ3) is 4.58. The number of hydrogen-bond donors (Lipinski definition) is 1. The molecule has 0 amide bonds. The predicted octanol–water partition coefficient (Wildman–Crippen LogP) is 5.30. The standard InChI is InChI=1S/C18H22BrNO/c1-3-11-20-13-14-9-10-18(16(19)12-14)21-17-8-6-5-7-15(17)4-2/h5-10,12,20H,3-4,11,13H2,1-2H3. The van der Waals surface area contributed by atoms with Crippen molar-refractivity contribution in [3.05, 3.63) is 58.1 Å². The van der Waals surface area contributed by atoms with E-state index < -0.39 is 0 Å². The van der Waals surface area contributed by atoms with Crippen LogP contribution in [0, 0.1) is 0 Å². The van der Waals surface area contributed by atoms with Crippen LogP contribution in [0.25, 0.3) is 0 Å². The van der Waals surface area contributed by atoms with Crippen LogP contribution in [-0.4, -0.2) is 6.54 Å². The Bertz CT molecular complexity index is 583. The van der Waals surface area contributed by atoms with E-state index in [1.165, 1.54) is 11.1 Å². The Hall–Kier alpha value is -1.32. The lowest BCUT2D eigenvalue weighted by Crippen LogP contribution is -2.13. The van der Waals surface area contributed by atoms with Gasteiger partial charge in [0.15, 0.2) is 0 Å². The molecule has 0 heterocycles. The Labute approximate surface area is 135 Å². The lowest BCUT2D eigenvalue weighted by molar-refractivity contribution is 0.473. The van der Waals surface area contributed by atoms with E-state index in [0.29, 0.717) is 0 Å². The smallest absolute Gasteiger partial charge is 0.141 e. The van der Waals surface area contributed by atoms with Crippen LogP contribution in [0.5, 0.6) is 11.5 Å². The van der Waals surface area contributed by atoms with Crippen molar-refractivity contribution in [1.29, 1.82) is 0 Å². The van der Waals surface area contributed by atoms with Crippen LogP contribution in [0.1, 0.15) is 31.4 Å². The number of halogens is 1. The molecular formula is C18H22BrNO. The maximum absolute atomic E-state index is 6.04. The summed E-state index contributed by atoms with van der Waals surface area (Å²) in [7, 11) is 0. The van der Waals surface area contributed by atoms with E-state index in [1.807, 2.05) is 24.3 Å². The maximum atomic E-state index is 6.04. The van der Waals surface area contributed by atoms with Gasteiger partial charge in [-0.3, -0.25) is 0 Å². The van der Waals surface area contributed by atoms with Gasteiger partial charge in [0.25, 0.3) is 0 Å². The molecule has 0 aromatic heterocycles. The summed E-state index contributed by atoms with van der Waals surface area (Å²) in [6, 6.07) is 14.4. The van der Waals surface area contributed by atoms with E-state index >= 15 is 0 Å². The van der Waals surface area contributed by atoms with Gasteiger partial charge < -0.3 is 10.1 Å². The number of ether oxygens (including phenoxy) is 1. The molecule has 0 unspecified atom stereocenters. The van der Waals surface area contributed by atoms with E-state index in [9.17, 15) is 0 Å². The van der Waals surface area contributed by atoms with E-state index in [-0.39, 0.29) is 0 Å². The third-order valence-electron chi connectivity index (χ3n) is 3.33. The zero-order valence-corrected chi connectivity index (χ0v) is 14.2. The Morgan fingerprint density at radius 3 is 2.57 bits per heavy atom. The van der Waals surface area contributed by atoms with Crippen LogP contribution in [0.2, 0.25) is 0 Å². The summed E-state index contributed by atoms with van der Waals surface area (Å²) in [6.07, 6.45) is 2.11. The second-order valence-corrected chi connectivity index (χ2v) is 5.86. The summed E-state index contributed by atoms with van der Waals surface area (Å²) >= 11 is 3.61. The van der Waals surface area contributed by atoms with E-state index in [1.54, 1.807) is 0 Å². The molecule has 0 aliphatic heterocycles. The summed E-state index contributed by atoms with van der Waals surface area (Å²) in [4.78, 5) is 0. The summed E-state index contributed by atoms with van der Waals surface area (Å²) in [5, 5.41) is 3.40. The average Bonchev–Trinajstić information content (AvgIpc) is 2.50. The first-order chi connectivity index (χ1) is 10.2. The second kappa shape index (κ2) is 8.20. The van der Waals surface area contributed by atoms with E-state index in [4.69, 9.17) is 4.74 Å². The molecule has 112 valence electrons. The highest BCUT2D eigenvalue weighted by molar-refractivity contribution is 9.10. The topological polar surface area (TPSA) is 21.3 Å². The number of para-hydroxylation sites is 1. The third-order valence-corrected chi connectivity index (χ3v) is 3.95. The normalized spacial score (nSPS) is 10.6. The summed E-state index contributed by atoms with van der Waals surface area (Å²) in [5.41, 5.74) is 2.48. The Balaban J connectivity index is 2.10. The van der Waals surface area contributed by atoms with Gasteiger partial charge in [-0.25, -0.2) is 0 Å². The first-order valence-electron chi connectivity index (χ1n) is 7.49. The molecule has 2 aromatic carbocycles. The SMILES string of the molecule is CCCNCc1ccc(Oc2ccccc2CC)c(Br)c1. The fourth-order valence-corrected chi connectivity index (χ4v) is 2.67. The molecule has 0 radical (unpaired) electrons. The number of benzene rings is 2. The van der Waals surface area contributed by atoms with E-state index in [2.05, 4.69) is 53.3 Å². The number of nitrogens with one attached hydrogen (secondary N) is 1. The Morgan fingerprint density at radius 2 is 1.86 bits per heavy atom. The van der Waals surface area contributed by atoms with Crippen molar-refractivity contribution in [3.63, 3.8) is 0 Å². The molecule has 1 N–H and O–H groups in total. The molecule has 0 bridgehead atoms. The molecular weight excluding hydrogens is 326 g/mol. The highest BCUT2D eigenvalue weighted by atomic mass is 79.9. The van der Waals surface area contributed by atoms with Gasteiger partial charge in [0.2, 0.25) is 0 Å². The minimum Gasteiger partial charge on any atom is -0.456 e. The minimum absolute atomic E-state index is 0.857. The number of rotatable bonds is 7. The van der Waals surface area contributed by atoms with Crippen LogP contribution < -0.4 is 10.1 Å². The highest BCUT2D eigenvalue weighted by Gasteiger charge is 2.07. The molecule has 0 saturated carbocycles. The zero-order valence-electron chi connectivity index (χ0n) is 12.7. The van der Waals surface area contributed by atoms with Gasteiger partial charge in [-0.15, -0.1) is 0 Å². The predicted molar refractivity (Wildman–Crippen MR) is 92.0 cm³/mol. The van der Waals surface area contributed by atoms with Crippen molar-refractivity contribution in [1.82, 2.24) is 5.32 Å². The molecule has 2 aromatic rings. The molecule has 0 saturated heterocycles. The van der Waals surface area contributed by atoms with Gasteiger partial charge in [0, 0.05) is 6.54 Å². The molecule has 0 fully saturated rings. The molecule has 2 nitrogen and oxygen atoms in total. The van der Waals surface area contributed by atoms with Gasteiger partial charge in [-0.05, 0) is 64.6 Å². The first kappa shape index (κ1) is 16.1. The zero-order chi connectivity index (χ0) is 15.1. The lowest BCUT2D eigenvalue weighted by Gasteiger charge is -2.12. The summed E-state index contributed by atoms with van der Waals surface area (Å²) < 4.78 is 7.03.